The maximum absolute atomic E-state index is 11.9. The molecule has 1 saturated heterocycles. The van der Waals surface area contributed by atoms with Crippen LogP contribution in [0.4, 0.5) is 0 Å². The molecule has 0 bridgehead atoms. The molecule has 0 radical (unpaired) electrons. The van der Waals surface area contributed by atoms with Gasteiger partial charge in [-0.2, -0.15) is 0 Å². The first-order valence-corrected chi connectivity index (χ1v) is 7.75. The van der Waals surface area contributed by atoms with Crippen LogP contribution in [0.2, 0.25) is 5.02 Å². The van der Waals surface area contributed by atoms with Gasteiger partial charge in [0, 0.05) is 11.6 Å². The molecule has 0 atom stereocenters. The van der Waals surface area contributed by atoms with E-state index in [2.05, 4.69) is 17.1 Å². The Morgan fingerprint density at radius 2 is 2.15 bits per heavy atom. The van der Waals surface area contributed by atoms with Crippen LogP contribution in [0.15, 0.2) is 24.3 Å². The van der Waals surface area contributed by atoms with Crippen molar-refractivity contribution in [2.24, 2.45) is 5.92 Å². The van der Waals surface area contributed by atoms with E-state index in [0.717, 1.165) is 36.0 Å². The number of halogens is 1. The number of rotatable bonds is 5. The predicted octanol–water partition coefficient (Wildman–Crippen LogP) is 2.73. The van der Waals surface area contributed by atoms with Crippen LogP contribution in [-0.2, 0) is 11.2 Å². The van der Waals surface area contributed by atoms with E-state index in [9.17, 15) is 4.79 Å². The molecule has 1 N–H and O–H groups in total. The van der Waals surface area contributed by atoms with Crippen LogP contribution in [0.3, 0.4) is 0 Å². The van der Waals surface area contributed by atoms with Gasteiger partial charge >= 0.3 is 0 Å². The van der Waals surface area contributed by atoms with E-state index in [1.807, 2.05) is 24.3 Å². The molecule has 1 aromatic rings. The SMILES string of the molecule is CC1CCN(CC(=O)NCCc2cccc(Cl)c2)CC1. The first kappa shape index (κ1) is 15.3. The minimum absolute atomic E-state index is 0.126. The minimum atomic E-state index is 0.126. The summed E-state index contributed by atoms with van der Waals surface area (Å²) in [5.41, 5.74) is 1.16. The van der Waals surface area contributed by atoms with Crippen molar-refractivity contribution in [1.82, 2.24) is 10.2 Å². The van der Waals surface area contributed by atoms with Crippen molar-refractivity contribution in [3.63, 3.8) is 0 Å². The molecule has 1 aliphatic heterocycles. The summed E-state index contributed by atoms with van der Waals surface area (Å²) in [6.07, 6.45) is 3.23. The molecule has 0 spiro atoms. The fraction of sp³-hybridized carbons (Fsp3) is 0.562. The maximum Gasteiger partial charge on any atom is 0.234 e. The Morgan fingerprint density at radius 3 is 2.85 bits per heavy atom. The van der Waals surface area contributed by atoms with Crippen LogP contribution < -0.4 is 5.32 Å². The average molecular weight is 295 g/mol. The Labute approximate surface area is 126 Å². The molecule has 1 amide bonds. The van der Waals surface area contributed by atoms with E-state index in [-0.39, 0.29) is 5.91 Å². The fourth-order valence-corrected chi connectivity index (χ4v) is 2.73. The zero-order valence-corrected chi connectivity index (χ0v) is 12.8. The summed E-state index contributed by atoms with van der Waals surface area (Å²) in [6, 6.07) is 7.78. The average Bonchev–Trinajstić information content (AvgIpc) is 2.41. The summed E-state index contributed by atoms with van der Waals surface area (Å²) in [4.78, 5) is 14.1. The second kappa shape index (κ2) is 7.65. The lowest BCUT2D eigenvalue weighted by Crippen LogP contribution is -2.41. The van der Waals surface area contributed by atoms with Gasteiger partial charge in [-0.15, -0.1) is 0 Å². The Morgan fingerprint density at radius 1 is 1.40 bits per heavy atom. The lowest BCUT2D eigenvalue weighted by molar-refractivity contribution is -0.122. The monoisotopic (exact) mass is 294 g/mol. The van der Waals surface area contributed by atoms with Crippen molar-refractivity contribution in [2.75, 3.05) is 26.2 Å². The number of nitrogens with one attached hydrogen (secondary N) is 1. The number of hydrogen-bond acceptors (Lipinski definition) is 2. The Bertz CT molecular complexity index is 442. The van der Waals surface area contributed by atoms with Gasteiger partial charge in [0.1, 0.15) is 0 Å². The van der Waals surface area contributed by atoms with E-state index in [1.54, 1.807) is 0 Å². The molecule has 0 aromatic heterocycles. The summed E-state index contributed by atoms with van der Waals surface area (Å²) in [5, 5.41) is 3.73. The van der Waals surface area contributed by atoms with Gasteiger partial charge in [-0.05, 0) is 56.0 Å². The molecule has 1 heterocycles. The van der Waals surface area contributed by atoms with Crippen molar-refractivity contribution in [3.8, 4) is 0 Å². The zero-order chi connectivity index (χ0) is 14.4. The molecule has 1 aliphatic rings. The number of amides is 1. The third-order valence-corrected chi connectivity index (χ3v) is 4.10. The Hall–Kier alpha value is -1.06. The van der Waals surface area contributed by atoms with Crippen molar-refractivity contribution in [3.05, 3.63) is 34.9 Å². The quantitative estimate of drug-likeness (QED) is 0.906. The second-order valence-electron chi connectivity index (χ2n) is 5.69. The first-order valence-electron chi connectivity index (χ1n) is 7.37. The van der Waals surface area contributed by atoms with Crippen LogP contribution >= 0.6 is 11.6 Å². The number of carbonyl (C=O) groups excluding carboxylic acids is 1. The summed E-state index contributed by atoms with van der Waals surface area (Å²) in [5.74, 6) is 0.929. The van der Waals surface area contributed by atoms with Gasteiger partial charge in [-0.3, -0.25) is 9.69 Å². The third kappa shape index (κ3) is 5.14. The van der Waals surface area contributed by atoms with Crippen molar-refractivity contribution in [1.29, 1.82) is 0 Å². The highest BCUT2D eigenvalue weighted by molar-refractivity contribution is 6.30. The zero-order valence-electron chi connectivity index (χ0n) is 12.1. The van der Waals surface area contributed by atoms with Crippen molar-refractivity contribution >= 4 is 17.5 Å². The lowest BCUT2D eigenvalue weighted by atomic mass is 9.99. The first-order chi connectivity index (χ1) is 9.63. The van der Waals surface area contributed by atoms with E-state index < -0.39 is 0 Å². The number of likely N-dealkylation sites (tertiary alicyclic amines) is 1. The van der Waals surface area contributed by atoms with Crippen LogP contribution in [0.25, 0.3) is 0 Å². The van der Waals surface area contributed by atoms with Gasteiger partial charge < -0.3 is 5.32 Å². The molecule has 0 aliphatic carbocycles. The number of carbonyl (C=O) groups is 1. The van der Waals surface area contributed by atoms with Gasteiger partial charge in [0.25, 0.3) is 0 Å². The summed E-state index contributed by atoms with van der Waals surface area (Å²) < 4.78 is 0. The predicted molar refractivity (Wildman–Crippen MR) is 83.0 cm³/mol. The van der Waals surface area contributed by atoms with E-state index >= 15 is 0 Å². The normalized spacial score (nSPS) is 17.1. The number of nitrogens with zero attached hydrogens (tertiary/aromatic N) is 1. The maximum atomic E-state index is 11.9. The molecule has 1 aromatic carbocycles. The van der Waals surface area contributed by atoms with E-state index in [1.165, 1.54) is 12.8 Å². The van der Waals surface area contributed by atoms with Gasteiger partial charge in [-0.25, -0.2) is 0 Å². The summed E-state index contributed by atoms with van der Waals surface area (Å²) in [7, 11) is 0. The largest absolute Gasteiger partial charge is 0.355 e. The highest BCUT2D eigenvalue weighted by Crippen LogP contribution is 2.15. The molecule has 4 heteroatoms. The minimum Gasteiger partial charge on any atom is -0.355 e. The van der Waals surface area contributed by atoms with Gasteiger partial charge in [-0.1, -0.05) is 30.7 Å². The third-order valence-electron chi connectivity index (χ3n) is 3.87. The fourth-order valence-electron chi connectivity index (χ4n) is 2.52. The van der Waals surface area contributed by atoms with E-state index in [0.29, 0.717) is 13.1 Å². The Balaban J connectivity index is 1.65. The molecule has 0 saturated carbocycles. The van der Waals surface area contributed by atoms with Gasteiger partial charge in [0.05, 0.1) is 6.54 Å². The molecule has 110 valence electrons. The van der Waals surface area contributed by atoms with Crippen LogP contribution in [0.5, 0.6) is 0 Å². The lowest BCUT2D eigenvalue weighted by Gasteiger charge is -2.29. The molecular weight excluding hydrogens is 272 g/mol. The van der Waals surface area contributed by atoms with Gasteiger partial charge in [0.15, 0.2) is 0 Å². The molecule has 3 nitrogen and oxygen atoms in total. The highest BCUT2D eigenvalue weighted by Gasteiger charge is 2.17. The van der Waals surface area contributed by atoms with Crippen LogP contribution in [0, 0.1) is 5.92 Å². The molecular formula is C16H23ClN2O. The van der Waals surface area contributed by atoms with Crippen LogP contribution in [-0.4, -0.2) is 37.0 Å². The number of hydrogen-bond donors (Lipinski definition) is 1. The van der Waals surface area contributed by atoms with Gasteiger partial charge in [0.2, 0.25) is 5.91 Å². The molecule has 20 heavy (non-hydrogen) atoms. The van der Waals surface area contributed by atoms with Crippen molar-refractivity contribution < 1.29 is 4.79 Å². The Kier molecular flexibility index (Phi) is 5.86. The standard InChI is InChI=1S/C16H23ClN2O/c1-13-6-9-19(10-7-13)12-16(20)18-8-5-14-3-2-4-15(17)11-14/h2-4,11,13H,5-10,12H2,1H3,(H,18,20). The number of piperidine rings is 1. The number of benzene rings is 1. The van der Waals surface area contributed by atoms with Crippen LogP contribution in [0.1, 0.15) is 25.3 Å². The van der Waals surface area contributed by atoms with Crippen molar-refractivity contribution in [2.45, 2.75) is 26.2 Å². The molecule has 2 rings (SSSR count). The molecule has 0 unspecified atom stereocenters. The summed E-state index contributed by atoms with van der Waals surface area (Å²) >= 11 is 5.93. The second-order valence-corrected chi connectivity index (χ2v) is 6.12. The summed E-state index contributed by atoms with van der Waals surface area (Å²) in [6.45, 7) is 5.57. The smallest absolute Gasteiger partial charge is 0.234 e. The highest BCUT2D eigenvalue weighted by atomic mass is 35.5. The van der Waals surface area contributed by atoms with E-state index in [4.69, 9.17) is 11.6 Å². The molecule has 1 fully saturated rings. The topological polar surface area (TPSA) is 32.3 Å².